The third kappa shape index (κ3) is 7.99. The number of aliphatic hydroxyl groups is 1. The van der Waals surface area contributed by atoms with E-state index in [-0.39, 0.29) is 17.4 Å². The summed E-state index contributed by atoms with van der Waals surface area (Å²) in [6.07, 6.45) is 0.673. The number of methoxy groups -OCH3 is 2. The van der Waals surface area contributed by atoms with Gasteiger partial charge in [-0.3, -0.25) is 0 Å². The average Bonchev–Trinajstić information content (AvgIpc) is 3.04. The molecule has 0 radical (unpaired) electrons. The average molecular weight is 639 g/mol. The normalized spacial score (nSPS) is 21.2. The van der Waals surface area contributed by atoms with Crippen molar-refractivity contribution in [2.24, 2.45) is 0 Å². The topological polar surface area (TPSA) is 97.8 Å². The van der Waals surface area contributed by atoms with Gasteiger partial charge in [0.15, 0.2) is 0 Å². The number of rotatable bonds is 13. The van der Waals surface area contributed by atoms with Gasteiger partial charge in [-0.15, -0.1) is 0 Å². The molecule has 1 fully saturated rings. The van der Waals surface area contributed by atoms with Crippen molar-refractivity contribution in [1.29, 1.82) is 0 Å². The van der Waals surface area contributed by atoms with E-state index in [1.165, 1.54) is 0 Å². The van der Waals surface area contributed by atoms with Gasteiger partial charge in [-0.2, -0.15) is 4.31 Å². The standard InChI is InChI=1S/C35H46N2O7S/c1-25-6-13-31(14-7-25)45(39,40)37-23-35(32(22-29(37)20-26(2)38)28-9-11-30(42-4)12-10-28)44-24-27-8-15-34-33(21-27)36(17-19-43-34)16-5-18-41-3/h6-15,21,26,29,32,35,38H,5,16-20,22-24H2,1-4H3/t26?,29?,32-,35-/m1/s1. The van der Waals surface area contributed by atoms with E-state index in [1.54, 1.807) is 37.6 Å². The van der Waals surface area contributed by atoms with E-state index in [2.05, 4.69) is 11.0 Å². The number of piperidine rings is 1. The van der Waals surface area contributed by atoms with E-state index in [0.29, 0.717) is 32.7 Å². The largest absolute Gasteiger partial charge is 0.497 e. The summed E-state index contributed by atoms with van der Waals surface area (Å²) in [4.78, 5) is 2.56. The molecule has 0 bridgehead atoms. The second-order valence-corrected chi connectivity index (χ2v) is 14.0. The quantitative estimate of drug-likeness (QED) is 0.257. The van der Waals surface area contributed by atoms with Crippen molar-refractivity contribution in [3.05, 3.63) is 83.4 Å². The summed E-state index contributed by atoms with van der Waals surface area (Å²) in [7, 11) is -0.497. The van der Waals surface area contributed by atoms with Gasteiger partial charge in [-0.1, -0.05) is 35.9 Å². The molecule has 45 heavy (non-hydrogen) atoms. The molecule has 9 nitrogen and oxygen atoms in total. The number of ether oxygens (including phenoxy) is 4. The van der Waals surface area contributed by atoms with Crippen molar-refractivity contribution >= 4 is 15.7 Å². The van der Waals surface area contributed by atoms with E-state index in [1.807, 2.05) is 55.5 Å². The van der Waals surface area contributed by atoms with Crippen LogP contribution >= 0.6 is 0 Å². The highest BCUT2D eigenvalue weighted by Gasteiger charge is 2.43. The summed E-state index contributed by atoms with van der Waals surface area (Å²) < 4.78 is 53.0. The van der Waals surface area contributed by atoms with Crippen LogP contribution in [0.25, 0.3) is 0 Å². The maximum Gasteiger partial charge on any atom is 0.243 e. The van der Waals surface area contributed by atoms with Crippen LogP contribution in [0.1, 0.15) is 48.8 Å². The fourth-order valence-electron chi connectivity index (χ4n) is 6.38. The predicted molar refractivity (Wildman–Crippen MR) is 175 cm³/mol. The van der Waals surface area contributed by atoms with E-state index >= 15 is 0 Å². The molecular weight excluding hydrogens is 592 g/mol. The second kappa shape index (κ2) is 15.0. The Balaban J connectivity index is 1.44. The zero-order valence-corrected chi connectivity index (χ0v) is 27.5. The van der Waals surface area contributed by atoms with E-state index < -0.39 is 28.3 Å². The van der Waals surface area contributed by atoms with E-state index in [9.17, 15) is 13.5 Å². The van der Waals surface area contributed by atoms with Crippen LogP contribution in [0.3, 0.4) is 0 Å². The highest BCUT2D eigenvalue weighted by atomic mass is 32.2. The molecule has 10 heteroatoms. The van der Waals surface area contributed by atoms with Crippen molar-refractivity contribution in [3.63, 3.8) is 0 Å². The monoisotopic (exact) mass is 638 g/mol. The smallest absolute Gasteiger partial charge is 0.243 e. The van der Waals surface area contributed by atoms with Crippen LogP contribution in [-0.2, 0) is 26.1 Å². The molecule has 2 aliphatic heterocycles. The van der Waals surface area contributed by atoms with Crippen LogP contribution in [0.2, 0.25) is 0 Å². The van der Waals surface area contributed by atoms with Gasteiger partial charge in [0, 0.05) is 38.8 Å². The minimum Gasteiger partial charge on any atom is -0.497 e. The molecule has 0 amide bonds. The molecule has 4 atom stereocenters. The van der Waals surface area contributed by atoms with Crippen LogP contribution in [0, 0.1) is 6.92 Å². The first kappa shape index (κ1) is 33.2. The molecule has 5 rings (SSSR count). The predicted octanol–water partition coefficient (Wildman–Crippen LogP) is 5.14. The third-order valence-corrected chi connectivity index (χ3v) is 10.7. The molecule has 0 spiro atoms. The van der Waals surface area contributed by atoms with Crippen LogP contribution in [-0.4, -0.2) is 83.1 Å². The Kier molecular flexibility index (Phi) is 11.0. The number of benzene rings is 3. The Labute approximate surface area is 267 Å². The molecular formula is C35H46N2O7S. The third-order valence-electron chi connectivity index (χ3n) is 8.75. The number of hydrogen-bond acceptors (Lipinski definition) is 8. The van der Waals surface area contributed by atoms with Crippen LogP contribution in [0.5, 0.6) is 11.5 Å². The molecule has 2 aliphatic rings. The minimum atomic E-state index is -3.85. The first-order valence-corrected chi connectivity index (χ1v) is 17.2. The summed E-state index contributed by atoms with van der Waals surface area (Å²) >= 11 is 0. The zero-order chi connectivity index (χ0) is 32.0. The molecule has 2 heterocycles. The molecule has 3 aromatic rings. The van der Waals surface area contributed by atoms with Crippen LogP contribution in [0.15, 0.2) is 71.6 Å². The van der Waals surface area contributed by atoms with Gasteiger partial charge in [-0.25, -0.2) is 8.42 Å². The molecule has 244 valence electrons. The second-order valence-electron chi connectivity index (χ2n) is 12.1. The summed E-state index contributed by atoms with van der Waals surface area (Å²) in [5.74, 6) is 1.52. The highest BCUT2D eigenvalue weighted by Crippen LogP contribution is 2.39. The number of nitrogens with zero attached hydrogens (tertiary/aromatic N) is 2. The lowest BCUT2D eigenvalue weighted by atomic mass is 9.82. The molecule has 0 saturated carbocycles. The lowest BCUT2D eigenvalue weighted by Gasteiger charge is -2.44. The summed E-state index contributed by atoms with van der Waals surface area (Å²) in [5.41, 5.74) is 4.06. The molecule has 2 unspecified atom stereocenters. The lowest BCUT2D eigenvalue weighted by molar-refractivity contribution is -0.0254. The Morgan fingerprint density at radius 3 is 2.49 bits per heavy atom. The Morgan fingerprint density at radius 2 is 1.80 bits per heavy atom. The molecule has 1 saturated heterocycles. The van der Waals surface area contributed by atoms with Gasteiger partial charge in [0.2, 0.25) is 10.0 Å². The maximum atomic E-state index is 14.1. The fourth-order valence-corrected chi connectivity index (χ4v) is 8.04. The number of fused-ring (bicyclic) bond motifs is 1. The molecule has 3 aromatic carbocycles. The highest BCUT2D eigenvalue weighted by molar-refractivity contribution is 7.89. The Hall–Kier alpha value is -3.15. The fraction of sp³-hybridized carbons (Fsp3) is 0.486. The summed E-state index contributed by atoms with van der Waals surface area (Å²) in [5, 5.41) is 10.4. The van der Waals surface area contributed by atoms with Crippen molar-refractivity contribution in [2.45, 2.75) is 68.8 Å². The first-order chi connectivity index (χ1) is 21.7. The van der Waals surface area contributed by atoms with Gasteiger partial charge in [-0.05, 0) is 80.6 Å². The summed E-state index contributed by atoms with van der Waals surface area (Å²) in [6, 6.07) is 20.6. The van der Waals surface area contributed by atoms with Crippen LogP contribution < -0.4 is 14.4 Å². The molecule has 1 N–H and O–H groups in total. The van der Waals surface area contributed by atoms with Crippen molar-refractivity contribution < 1.29 is 32.5 Å². The molecule has 0 aliphatic carbocycles. The number of aliphatic hydroxyl groups excluding tert-OH is 1. The summed E-state index contributed by atoms with van der Waals surface area (Å²) in [6.45, 7) is 7.13. The number of anilines is 1. The molecule has 0 aromatic heterocycles. The van der Waals surface area contributed by atoms with E-state index in [4.69, 9.17) is 18.9 Å². The Bertz CT molecular complexity index is 1500. The lowest BCUT2D eigenvalue weighted by Crippen LogP contribution is -2.53. The SMILES string of the molecule is COCCCN1CCOc2ccc(CO[C@@H]3CN(S(=O)(=O)c4ccc(C)cc4)C(CC(C)O)C[C@@H]3c3ccc(OC)cc3)cc21. The van der Waals surface area contributed by atoms with Gasteiger partial charge >= 0.3 is 0 Å². The minimum absolute atomic E-state index is 0.0874. The zero-order valence-electron chi connectivity index (χ0n) is 26.7. The van der Waals surface area contributed by atoms with Crippen LogP contribution in [0.4, 0.5) is 5.69 Å². The van der Waals surface area contributed by atoms with Gasteiger partial charge < -0.3 is 29.0 Å². The van der Waals surface area contributed by atoms with Crippen molar-refractivity contribution in [1.82, 2.24) is 4.31 Å². The Morgan fingerprint density at radius 1 is 1.04 bits per heavy atom. The van der Waals surface area contributed by atoms with Gasteiger partial charge in [0.05, 0.1) is 43.1 Å². The number of hydrogen-bond donors (Lipinski definition) is 1. The number of aryl methyl sites for hydroxylation is 1. The first-order valence-electron chi connectivity index (χ1n) is 15.7. The maximum absolute atomic E-state index is 14.1. The van der Waals surface area contributed by atoms with Gasteiger partial charge in [0.25, 0.3) is 0 Å². The van der Waals surface area contributed by atoms with Gasteiger partial charge in [0.1, 0.15) is 18.1 Å². The van der Waals surface area contributed by atoms with Crippen molar-refractivity contribution in [2.75, 3.05) is 52.0 Å². The number of sulfonamides is 1. The van der Waals surface area contributed by atoms with E-state index in [0.717, 1.165) is 53.4 Å². The van der Waals surface area contributed by atoms with Crippen molar-refractivity contribution in [3.8, 4) is 11.5 Å².